The highest BCUT2D eigenvalue weighted by Crippen LogP contribution is 2.30. The number of benzene rings is 1. The summed E-state index contributed by atoms with van der Waals surface area (Å²) in [6.07, 6.45) is 1.87. The van der Waals surface area contributed by atoms with E-state index in [1.165, 1.54) is 22.8 Å². The molecule has 0 radical (unpaired) electrons. The fourth-order valence-corrected chi connectivity index (χ4v) is 4.26. The SMILES string of the molecule is Cc1cc(F)ccc1S(=O)(=O)N1CC[C@H](c2ncon2)C1. The first kappa shape index (κ1) is 14.2. The average Bonchev–Trinajstić information content (AvgIpc) is 3.09. The van der Waals surface area contributed by atoms with Gasteiger partial charge in [0.05, 0.1) is 4.90 Å². The molecule has 21 heavy (non-hydrogen) atoms. The Morgan fingerprint density at radius 2 is 2.24 bits per heavy atom. The number of sulfonamides is 1. The highest BCUT2D eigenvalue weighted by molar-refractivity contribution is 7.89. The number of hydrogen-bond donors (Lipinski definition) is 0. The molecule has 1 aromatic heterocycles. The second-order valence-corrected chi connectivity index (χ2v) is 6.95. The van der Waals surface area contributed by atoms with Gasteiger partial charge in [-0.25, -0.2) is 12.8 Å². The first-order valence-corrected chi connectivity index (χ1v) is 7.95. The van der Waals surface area contributed by atoms with Crippen LogP contribution in [0.4, 0.5) is 4.39 Å². The highest BCUT2D eigenvalue weighted by atomic mass is 32.2. The molecule has 0 amide bonds. The van der Waals surface area contributed by atoms with Crippen LogP contribution in [0.5, 0.6) is 0 Å². The summed E-state index contributed by atoms with van der Waals surface area (Å²) in [6.45, 7) is 2.28. The quantitative estimate of drug-likeness (QED) is 0.862. The largest absolute Gasteiger partial charge is 0.343 e. The summed E-state index contributed by atoms with van der Waals surface area (Å²) >= 11 is 0. The zero-order chi connectivity index (χ0) is 15.0. The summed E-state index contributed by atoms with van der Waals surface area (Å²) in [7, 11) is -3.63. The lowest BCUT2D eigenvalue weighted by molar-refractivity contribution is 0.403. The zero-order valence-corrected chi connectivity index (χ0v) is 12.2. The summed E-state index contributed by atoms with van der Waals surface area (Å²) in [5.74, 6) is 0.000327. The average molecular weight is 311 g/mol. The van der Waals surface area contributed by atoms with Crippen molar-refractivity contribution in [1.29, 1.82) is 0 Å². The third kappa shape index (κ3) is 2.56. The van der Waals surface area contributed by atoms with Crippen LogP contribution in [0.15, 0.2) is 34.0 Å². The monoisotopic (exact) mass is 311 g/mol. The molecule has 3 rings (SSSR count). The van der Waals surface area contributed by atoms with Crippen LogP contribution in [0, 0.1) is 12.7 Å². The fourth-order valence-electron chi connectivity index (χ4n) is 2.56. The Balaban J connectivity index is 1.86. The van der Waals surface area contributed by atoms with Gasteiger partial charge in [-0.2, -0.15) is 9.29 Å². The maximum Gasteiger partial charge on any atom is 0.243 e. The molecule has 1 aromatic carbocycles. The van der Waals surface area contributed by atoms with Crippen LogP contribution in [0.3, 0.4) is 0 Å². The zero-order valence-electron chi connectivity index (χ0n) is 11.4. The Labute approximate surface area is 121 Å². The number of aryl methyl sites for hydroxylation is 1. The Morgan fingerprint density at radius 3 is 2.90 bits per heavy atom. The van der Waals surface area contributed by atoms with Crippen LogP contribution < -0.4 is 0 Å². The second kappa shape index (κ2) is 5.19. The van der Waals surface area contributed by atoms with Crippen molar-refractivity contribution in [3.05, 3.63) is 41.8 Å². The van der Waals surface area contributed by atoms with Crippen LogP contribution in [0.2, 0.25) is 0 Å². The van der Waals surface area contributed by atoms with E-state index in [1.54, 1.807) is 6.92 Å². The van der Waals surface area contributed by atoms with E-state index in [1.807, 2.05) is 0 Å². The third-order valence-corrected chi connectivity index (χ3v) is 5.67. The number of halogens is 1. The molecule has 0 N–H and O–H groups in total. The van der Waals surface area contributed by atoms with Crippen molar-refractivity contribution >= 4 is 10.0 Å². The smallest absolute Gasteiger partial charge is 0.243 e. The van der Waals surface area contributed by atoms with Crippen molar-refractivity contribution < 1.29 is 17.3 Å². The summed E-state index contributed by atoms with van der Waals surface area (Å²) in [5.41, 5.74) is 0.401. The lowest BCUT2D eigenvalue weighted by Gasteiger charge is -2.17. The number of hydrogen-bond acceptors (Lipinski definition) is 5. The molecular weight excluding hydrogens is 297 g/mol. The summed E-state index contributed by atoms with van der Waals surface area (Å²) < 4.78 is 44.4. The van der Waals surface area contributed by atoms with Crippen molar-refractivity contribution in [2.75, 3.05) is 13.1 Å². The Bertz CT molecular complexity index is 746. The van der Waals surface area contributed by atoms with E-state index in [0.29, 0.717) is 30.9 Å². The third-order valence-electron chi connectivity index (χ3n) is 3.65. The molecule has 0 bridgehead atoms. The van der Waals surface area contributed by atoms with E-state index >= 15 is 0 Å². The Kier molecular flexibility index (Phi) is 3.50. The molecule has 2 heterocycles. The van der Waals surface area contributed by atoms with E-state index in [2.05, 4.69) is 10.1 Å². The standard InChI is InChI=1S/C13H14FN3O3S/c1-9-6-11(14)2-3-12(9)21(18,19)17-5-4-10(7-17)13-15-8-20-16-13/h2-3,6,8,10H,4-5,7H2,1H3/t10-/m0/s1. The molecule has 1 fully saturated rings. The van der Waals surface area contributed by atoms with E-state index in [9.17, 15) is 12.8 Å². The van der Waals surface area contributed by atoms with Crippen LogP contribution in [-0.4, -0.2) is 36.0 Å². The first-order valence-electron chi connectivity index (χ1n) is 6.51. The van der Waals surface area contributed by atoms with E-state index in [4.69, 9.17) is 4.52 Å². The van der Waals surface area contributed by atoms with Gasteiger partial charge in [0, 0.05) is 19.0 Å². The van der Waals surface area contributed by atoms with Crippen LogP contribution in [0.25, 0.3) is 0 Å². The minimum atomic E-state index is -3.63. The van der Waals surface area contributed by atoms with Crippen LogP contribution in [-0.2, 0) is 10.0 Å². The van der Waals surface area contributed by atoms with E-state index in [-0.39, 0.29) is 10.8 Å². The van der Waals surface area contributed by atoms with Gasteiger partial charge in [-0.15, -0.1) is 0 Å². The number of rotatable bonds is 3. The van der Waals surface area contributed by atoms with Gasteiger partial charge in [0.1, 0.15) is 5.82 Å². The van der Waals surface area contributed by atoms with Gasteiger partial charge in [-0.05, 0) is 37.1 Å². The maximum atomic E-state index is 13.1. The predicted octanol–water partition coefficient (Wildman–Crippen LogP) is 1.70. The number of nitrogens with zero attached hydrogens (tertiary/aromatic N) is 3. The molecule has 1 atom stereocenters. The normalized spacial score (nSPS) is 20.0. The van der Waals surface area contributed by atoms with Crippen molar-refractivity contribution in [1.82, 2.24) is 14.4 Å². The van der Waals surface area contributed by atoms with Gasteiger partial charge >= 0.3 is 0 Å². The summed E-state index contributed by atoms with van der Waals surface area (Å²) in [4.78, 5) is 4.10. The molecule has 1 aliphatic rings. The van der Waals surface area contributed by atoms with Gasteiger partial charge in [0.25, 0.3) is 0 Å². The van der Waals surface area contributed by atoms with Gasteiger partial charge in [0.2, 0.25) is 16.4 Å². The summed E-state index contributed by atoms with van der Waals surface area (Å²) in [6, 6.07) is 3.69. The van der Waals surface area contributed by atoms with Crippen molar-refractivity contribution in [3.8, 4) is 0 Å². The van der Waals surface area contributed by atoms with Gasteiger partial charge in [-0.1, -0.05) is 5.16 Å². The molecule has 1 aliphatic heterocycles. The number of aromatic nitrogens is 2. The topological polar surface area (TPSA) is 76.3 Å². The van der Waals surface area contributed by atoms with E-state index in [0.717, 1.165) is 6.07 Å². The molecule has 0 spiro atoms. The molecule has 0 saturated carbocycles. The lowest BCUT2D eigenvalue weighted by Crippen LogP contribution is -2.29. The molecule has 0 aliphatic carbocycles. The molecule has 2 aromatic rings. The van der Waals surface area contributed by atoms with Crippen LogP contribution >= 0.6 is 0 Å². The maximum absolute atomic E-state index is 13.1. The van der Waals surface area contributed by atoms with Crippen molar-refractivity contribution in [3.63, 3.8) is 0 Å². The van der Waals surface area contributed by atoms with Gasteiger partial charge < -0.3 is 4.52 Å². The minimum Gasteiger partial charge on any atom is -0.343 e. The fraction of sp³-hybridized carbons (Fsp3) is 0.385. The van der Waals surface area contributed by atoms with E-state index < -0.39 is 15.8 Å². The molecule has 0 unspecified atom stereocenters. The van der Waals surface area contributed by atoms with Gasteiger partial charge in [-0.3, -0.25) is 0 Å². The van der Waals surface area contributed by atoms with Gasteiger partial charge in [0.15, 0.2) is 5.82 Å². The molecule has 1 saturated heterocycles. The predicted molar refractivity (Wildman–Crippen MR) is 71.6 cm³/mol. The molecule has 8 heteroatoms. The van der Waals surface area contributed by atoms with Crippen molar-refractivity contribution in [2.45, 2.75) is 24.2 Å². The molecule has 6 nitrogen and oxygen atoms in total. The Morgan fingerprint density at radius 1 is 1.43 bits per heavy atom. The van der Waals surface area contributed by atoms with Crippen LogP contribution in [0.1, 0.15) is 23.7 Å². The minimum absolute atomic E-state index is 0.0701. The highest BCUT2D eigenvalue weighted by Gasteiger charge is 2.35. The molecular formula is C13H14FN3O3S. The first-order chi connectivity index (χ1) is 9.98. The lowest BCUT2D eigenvalue weighted by atomic mass is 10.1. The molecule has 112 valence electrons. The van der Waals surface area contributed by atoms with Crippen molar-refractivity contribution in [2.24, 2.45) is 0 Å². The second-order valence-electron chi connectivity index (χ2n) is 5.05. The Hall–Kier alpha value is -1.80. The summed E-state index contributed by atoms with van der Waals surface area (Å²) in [5, 5.41) is 3.76.